The number of hydrogen-bond donors (Lipinski definition) is 1. The zero-order chi connectivity index (χ0) is 28.7. The topological polar surface area (TPSA) is 161 Å². The Morgan fingerprint density at radius 1 is 1.00 bits per heavy atom. The largest absolute Gasteiger partial charge is 0.378 e. The van der Waals surface area contributed by atoms with E-state index < -0.39 is 19.9 Å². The minimum Gasteiger partial charge on any atom is -0.378 e. The molecule has 0 spiro atoms. The summed E-state index contributed by atoms with van der Waals surface area (Å²) >= 11 is 0. The van der Waals surface area contributed by atoms with Gasteiger partial charge in [-0.1, -0.05) is 27.7 Å². The van der Waals surface area contributed by atoms with E-state index in [2.05, 4.69) is 10.5 Å². The van der Waals surface area contributed by atoms with Crippen molar-refractivity contribution >= 4 is 39.0 Å². The van der Waals surface area contributed by atoms with E-state index in [-0.39, 0.29) is 46.9 Å². The van der Waals surface area contributed by atoms with Gasteiger partial charge in [0.05, 0.1) is 35.0 Å². The van der Waals surface area contributed by atoms with Crippen molar-refractivity contribution in [2.75, 3.05) is 49.7 Å². The molecule has 1 aliphatic heterocycles. The molecule has 3 rings (SSSR count). The summed E-state index contributed by atoms with van der Waals surface area (Å²) < 4.78 is 34.2. The summed E-state index contributed by atoms with van der Waals surface area (Å²) in [4.78, 5) is 23.4. The lowest BCUT2D eigenvalue weighted by Gasteiger charge is -2.29. The summed E-state index contributed by atoms with van der Waals surface area (Å²) in [7, 11) is -4.14. The first kappa shape index (κ1) is 29.9. The van der Waals surface area contributed by atoms with Crippen LogP contribution in [0.2, 0.25) is 0 Å². The monoisotopic (exact) mass is 562 g/mol. The van der Waals surface area contributed by atoms with Gasteiger partial charge in [-0.2, -0.15) is 9.41 Å². The summed E-state index contributed by atoms with van der Waals surface area (Å²) in [6.07, 6.45) is 1.37. The Labute approximate surface area is 227 Å². The van der Waals surface area contributed by atoms with E-state index in [1.165, 1.54) is 34.8 Å². The number of hydrazone groups is 1. The molecule has 0 aromatic heterocycles. The van der Waals surface area contributed by atoms with Crippen LogP contribution < -0.4 is 10.3 Å². The molecule has 0 aliphatic carbocycles. The van der Waals surface area contributed by atoms with E-state index in [0.717, 1.165) is 6.07 Å². The molecule has 0 saturated carbocycles. The van der Waals surface area contributed by atoms with Gasteiger partial charge in [0.25, 0.3) is 11.4 Å². The number of nitro groups is 2. The Kier molecular flexibility index (Phi) is 9.94. The second-order valence-corrected chi connectivity index (χ2v) is 11.9. The third-order valence-electron chi connectivity index (χ3n) is 5.89. The molecule has 39 heavy (non-hydrogen) atoms. The van der Waals surface area contributed by atoms with Crippen molar-refractivity contribution in [2.24, 2.45) is 16.9 Å². The van der Waals surface area contributed by atoms with E-state index in [4.69, 9.17) is 4.74 Å². The highest BCUT2D eigenvalue weighted by Gasteiger charge is 2.30. The number of anilines is 2. The lowest BCUT2D eigenvalue weighted by molar-refractivity contribution is -0.385. The van der Waals surface area contributed by atoms with Gasteiger partial charge >= 0.3 is 0 Å². The van der Waals surface area contributed by atoms with Crippen LogP contribution in [0.4, 0.5) is 22.7 Å². The fraction of sp³-hybridized carbons (Fsp3) is 0.480. The Hall–Kier alpha value is -3.62. The lowest BCUT2D eigenvalue weighted by Crippen LogP contribution is -2.37. The predicted octanol–water partition coefficient (Wildman–Crippen LogP) is 4.09. The van der Waals surface area contributed by atoms with Crippen LogP contribution in [-0.2, 0) is 14.8 Å². The number of morpholine rings is 1. The number of sulfonamides is 1. The number of hydrogen-bond acceptors (Lipinski definition) is 10. The van der Waals surface area contributed by atoms with Crippen molar-refractivity contribution in [3.8, 4) is 0 Å². The van der Waals surface area contributed by atoms with Gasteiger partial charge in [-0.3, -0.25) is 25.7 Å². The Morgan fingerprint density at radius 2 is 1.56 bits per heavy atom. The average Bonchev–Trinajstić information content (AvgIpc) is 2.88. The van der Waals surface area contributed by atoms with E-state index in [0.29, 0.717) is 37.6 Å². The van der Waals surface area contributed by atoms with Crippen molar-refractivity contribution in [2.45, 2.75) is 32.6 Å². The van der Waals surface area contributed by atoms with Gasteiger partial charge in [0.1, 0.15) is 4.90 Å². The summed E-state index contributed by atoms with van der Waals surface area (Å²) in [6, 6.07) is 7.95. The summed E-state index contributed by atoms with van der Waals surface area (Å²) in [5, 5.41) is 27.0. The van der Waals surface area contributed by atoms with Crippen LogP contribution in [0.1, 0.15) is 33.3 Å². The number of nitrogens with one attached hydrogen (secondary N) is 1. The molecule has 1 fully saturated rings. The minimum absolute atomic E-state index is 0.0270. The van der Waals surface area contributed by atoms with Crippen LogP contribution >= 0.6 is 0 Å². The fourth-order valence-corrected chi connectivity index (χ4v) is 6.11. The van der Waals surface area contributed by atoms with Gasteiger partial charge in [-0.05, 0) is 24.0 Å². The van der Waals surface area contributed by atoms with Gasteiger partial charge in [0, 0.05) is 61.7 Å². The molecule has 0 atom stereocenters. The second-order valence-electron chi connectivity index (χ2n) is 10.0. The molecule has 1 heterocycles. The van der Waals surface area contributed by atoms with Gasteiger partial charge in [-0.15, -0.1) is 0 Å². The Bertz CT molecular complexity index is 1310. The van der Waals surface area contributed by atoms with Gasteiger partial charge in [-0.25, -0.2) is 8.42 Å². The summed E-state index contributed by atoms with van der Waals surface area (Å²) in [5.41, 5.74) is 3.42. The third-order valence-corrected chi connectivity index (χ3v) is 7.77. The van der Waals surface area contributed by atoms with Crippen molar-refractivity contribution in [3.63, 3.8) is 0 Å². The van der Waals surface area contributed by atoms with Crippen molar-refractivity contribution in [1.82, 2.24) is 4.31 Å². The maximum absolute atomic E-state index is 13.7. The first-order valence-electron chi connectivity index (χ1n) is 12.6. The van der Waals surface area contributed by atoms with Crippen molar-refractivity contribution in [1.29, 1.82) is 0 Å². The second kappa shape index (κ2) is 13.0. The molecule has 0 unspecified atom stereocenters. The number of benzene rings is 2. The van der Waals surface area contributed by atoms with Crippen molar-refractivity contribution in [3.05, 3.63) is 62.2 Å². The van der Waals surface area contributed by atoms with Crippen LogP contribution in [0, 0.1) is 32.1 Å². The van der Waals surface area contributed by atoms with Crippen LogP contribution in [0.25, 0.3) is 0 Å². The van der Waals surface area contributed by atoms with Gasteiger partial charge < -0.3 is 9.64 Å². The number of nitro benzene ring substituents is 2. The molecule has 1 saturated heterocycles. The molecule has 1 N–H and O–H groups in total. The predicted molar refractivity (Wildman–Crippen MR) is 149 cm³/mol. The highest BCUT2D eigenvalue weighted by molar-refractivity contribution is 7.89. The first-order chi connectivity index (χ1) is 18.4. The van der Waals surface area contributed by atoms with Crippen LogP contribution in [0.5, 0.6) is 0 Å². The number of nitrogens with zero attached hydrogens (tertiary/aromatic N) is 5. The molecular formula is C25H34N6O7S. The summed E-state index contributed by atoms with van der Waals surface area (Å²) in [5.74, 6) is 0.0539. The molecular weight excluding hydrogens is 528 g/mol. The molecule has 0 amide bonds. The van der Waals surface area contributed by atoms with E-state index in [1.54, 1.807) is 6.07 Å². The molecule has 2 aromatic rings. The van der Waals surface area contributed by atoms with Crippen LogP contribution in [0.3, 0.4) is 0 Å². The zero-order valence-corrected chi connectivity index (χ0v) is 23.3. The normalized spacial score (nSPS) is 14.5. The minimum atomic E-state index is -4.14. The molecule has 13 nitrogen and oxygen atoms in total. The Balaban J connectivity index is 2.01. The SMILES string of the molecule is CC(C)CN(CC(C)C)S(=O)(=O)c1cc([N+](=O)[O-])ccc1N/N=C\c1cc([N+](=O)[O-])ccc1N1CCOCC1. The molecule has 0 bridgehead atoms. The maximum Gasteiger partial charge on any atom is 0.270 e. The highest BCUT2D eigenvalue weighted by Crippen LogP contribution is 2.31. The van der Waals surface area contributed by atoms with Gasteiger partial charge in [0.15, 0.2) is 0 Å². The quantitative estimate of drug-likeness (QED) is 0.228. The number of ether oxygens (including phenoxy) is 1. The van der Waals surface area contributed by atoms with E-state index in [9.17, 15) is 28.6 Å². The number of non-ortho nitro benzene ring substituents is 2. The fourth-order valence-electron chi connectivity index (χ4n) is 4.18. The Morgan fingerprint density at radius 3 is 2.13 bits per heavy atom. The van der Waals surface area contributed by atoms with Crippen molar-refractivity contribution < 1.29 is 23.0 Å². The standard InChI is InChI=1S/C25H34N6O7S/c1-18(2)16-29(17-19(3)4)39(36,37)25-14-22(31(34)35)5-7-23(25)27-26-15-20-13-21(30(32)33)6-8-24(20)28-9-11-38-12-10-28/h5-8,13-15,18-19,27H,9-12,16-17H2,1-4H3/b26-15-. The lowest BCUT2D eigenvalue weighted by atomic mass is 10.1. The smallest absolute Gasteiger partial charge is 0.270 e. The van der Waals surface area contributed by atoms with Gasteiger partial charge in [0.2, 0.25) is 10.0 Å². The zero-order valence-electron chi connectivity index (χ0n) is 22.4. The molecule has 1 aliphatic rings. The molecule has 212 valence electrons. The number of rotatable bonds is 12. The molecule has 14 heteroatoms. The summed E-state index contributed by atoms with van der Waals surface area (Å²) in [6.45, 7) is 10.3. The third kappa shape index (κ3) is 7.71. The van der Waals surface area contributed by atoms with E-state index in [1.807, 2.05) is 32.6 Å². The first-order valence-corrected chi connectivity index (χ1v) is 14.0. The molecule has 2 aromatic carbocycles. The van der Waals surface area contributed by atoms with Crippen LogP contribution in [-0.4, -0.2) is 68.2 Å². The average molecular weight is 563 g/mol. The highest BCUT2D eigenvalue weighted by atomic mass is 32.2. The molecule has 0 radical (unpaired) electrons. The maximum atomic E-state index is 13.7. The van der Waals surface area contributed by atoms with Crippen LogP contribution in [0.15, 0.2) is 46.4 Å². The van der Waals surface area contributed by atoms with E-state index >= 15 is 0 Å².